The Balaban J connectivity index is 1.71. The highest BCUT2D eigenvalue weighted by molar-refractivity contribution is 5.98. The third-order valence-corrected chi connectivity index (χ3v) is 9.55. The number of fused-ring (bicyclic) bond motifs is 1. The first kappa shape index (κ1) is 28.8. The second-order valence-electron chi connectivity index (χ2n) is 11.8. The number of amides is 2. The van der Waals surface area contributed by atoms with Crippen molar-refractivity contribution >= 4 is 17.8 Å². The van der Waals surface area contributed by atoms with Gasteiger partial charge in [0.05, 0.1) is 18.1 Å². The summed E-state index contributed by atoms with van der Waals surface area (Å²) < 4.78 is 12.4. The van der Waals surface area contributed by atoms with Crippen molar-refractivity contribution in [2.75, 3.05) is 26.3 Å². The van der Waals surface area contributed by atoms with Crippen molar-refractivity contribution in [3.8, 4) is 0 Å². The second-order valence-corrected chi connectivity index (χ2v) is 11.8. The Morgan fingerprint density at radius 2 is 1.92 bits per heavy atom. The van der Waals surface area contributed by atoms with Crippen LogP contribution in [-0.4, -0.2) is 82.3 Å². The SMILES string of the molecule is C=CCCOC(=O)[C@H]1[C@H]2C(=O)N(CCCCCO)C(C(=O)N(CC=C)C3CCCCC3)C23CC(C)[C@]1(C)O3. The maximum Gasteiger partial charge on any atom is 0.312 e. The summed E-state index contributed by atoms with van der Waals surface area (Å²) in [5, 5.41) is 9.26. The predicted molar refractivity (Wildman–Crippen MR) is 144 cm³/mol. The molecule has 4 rings (SSSR count). The van der Waals surface area contributed by atoms with E-state index in [4.69, 9.17) is 9.47 Å². The number of rotatable bonds is 13. The molecule has 38 heavy (non-hydrogen) atoms. The normalized spacial score (nSPS) is 34.3. The Bertz CT molecular complexity index is 916. The van der Waals surface area contributed by atoms with E-state index in [0.717, 1.165) is 32.1 Å². The van der Waals surface area contributed by atoms with Crippen molar-refractivity contribution in [2.45, 2.75) is 101 Å². The van der Waals surface area contributed by atoms with Crippen LogP contribution >= 0.6 is 0 Å². The molecular weight excluding hydrogens is 484 g/mol. The Labute approximate surface area is 227 Å². The minimum atomic E-state index is -1.06. The molecule has 0 aromatic heterocycles. The average molecular weight is 531 g/mol. The lowest BCUT2D eigenvalue weighted by Gasteiger charge is -2.41. The number of carbonyl (C=O) groups excluding carboxylic acids is 3. The minimum absolute atomic E-state index is 0.0179. The average Bonchev–Trinajstić information content (AvgIpc) is 3.42. The van der Waals surface area contributed by atoms with E-state index in [-0.39, 0.29) is 37.0 Å². The number of unbranched alkanes of at least 4 members (excludes halogenated alkanes) is 2. The quantitative estimate of drug-likeness (QED) is 0.222. The molecule has 1 saturated carbocycles. The van der Waals surface area contributed by atoms with Crippen LogP contribution in [-0.2, 0) is 23.9 Å². The van der Waals surface area contributed by atoms with Gasteiger partial charge in [0.2, 0.25) is 11.8 Å². The highest BCUT2D eigenvalue weighted by Crippen LogP contribution is 2.65. The molecular formula is C30H46N2O6. The molecule has 0 aromatic carbocycles. The Kier molecular flexibility index (Phi) is 9.03. The van der Waals surface area contributed by atoms with Gasteiger partial charge in [-0.2, -0.15) is 0 Å². The lowest BCUT2D eigenvalue weighted by atomic mass is 9.62. The zero-order valence-corrected chi connectivity index (χ0v) is 23.2. The fourth-order valence-corrected chi connectivity index (χ4v) is 7.63. The first-order valence-corrected chi connectivity index (χ1v) is 14.6. The van der Waals surface area contributed by atoms with Gasteiger partial charge in [-0.15, -0.1) is 13.2 Å². The molecule has 1 spiro atoms. The summed E-state index contributed by atoms with van der Waals surface area (Å²) >= 11 is 0. The van der Waals surface area contributed by atoms with Gasteiger partial charge in [-0.1, -0.05) is 38.3 Å². The van der Waals surface area contributed by atoms with Gasteiger partial charge in [0.1, 0.15) is 17.6 Å². The largest absolute Gasteiger partial charge is 0.465 e. The number of hydrogen-bond donors (Lipinski definition) is 1. The molecule has 3 unspecified atom stereocenters. The molecule has 1 N–H and O–H groups in total. The van der Waals surface area contributed by atoms with Crippen LogP contribution in [0.4, 0.5) is 0 Å². The minimum Gasteiger partial charge on any atom is -0.465 e. The number of hydrogen-bond acceptors (Lipinski definition) is 6. The van der Waals surface area contributed by atoms with Crippen LogP contribution in [0.25, 0.3) is 0 Å². The molecule has 3 heterocycles. The van der Waals surface area contributed by atoms with Gasteiger partial charge in [0, 0.05) is 25.7 Å². The molecule has 6 atom stereocenters. The number of ether oxygens (including phenoxy) is 2. The molecule has 8 heteroatoms. The number of likely N-dealkylation sites (tertiary alicyclic amines) is 1. The fraction of sp³-hybridized carbons (Fsp3) is 0.767. The van der Waals surface area contributed by atoms with E-state index >= 15 is 0 Å². The van der Waals surface area contributed by atoms with Crippen LogP contribution in [0, 0.1) is 17.8 Å². The van der Waals surface area contributed by atoms with Gasteiger partial charge >= 0.3 is 5.97 Å². The third-order valence-electron chi connectivity index (χ3n) is 9.55. The maximum atomic E-state index is 14.5. The molecule has 2 amide bonds. The van der Waals surface area contributed by atoms with Crippen LogP contribution in [0.3, 0.4) is 0 Å². The van der Waals surface area contributed by atoms with Gasteiger partial charge in [0.15, 0.2) is 0 Å². The Morgan fingerprint density at radius 1 is 1.18 bits per heavy atom. The summed E-state index contributed by atoms with van der Waals surface area (Å²) in [5.41, 5.74) is -1.93. The van der Waals surface area contributed by atoms with Gasteiger partial charge < -0.3 is 24.4 Å². The Morgan fingerprint density at radius 3 is 2.58 bits per heavy atom. The smallest absolute Gasteiger partial charge is 0.312 e. The van der Waals surface area contributed by atoms with Crippen LogP contribution < -0.4 is 0 Å². The Hall–Kier alpha value is -2.19. The number of carbonyl (C=O) groups is 3. The summed E-state index contributed by atoms with van der Waals surface area (Å²) in [6.07, 6.45) is 11.8. The van der Waals surface area contributed by atoms with Crippen molar-refractivity contribution < 1.29 is 29.0 Å². The van der Waals surface area contributed by atoms with E-state index in [9.17, 15) is 19.5 Å². The van der Waals surface area contributed by atoms with E-state index in [0.29, 0.717) is 38.8 Å². The van der Waals surface area contributed by atoms with Crippen LogP contribution in [0.5, 0.6) is 0 Å². The van der Waals surface area contributed by atoms with Crippen LogP contribution in [0.1, 0.15) is 78.1 Å². The molecule has 0 radical (unpaired) electrons. The molecule has 3 aliphatic heterocycles. The highest BCUT2D eigenvalue weighted by atomic mass is 16.6. The van der Waals surface area contributed by atoms with Crippen LogP contribution in [0.15, 0.2) is 25.3 Å². The zero-order chi connectivity index (χ0) is 27.5. The van der Waals surface area contributed by atoms with Crippen LogP contribution in [0.2, 0.25) is 0 Å². The summed E-state index contributed by atoms with van der Waals surface area (Å²) in [5.74, 6) is -2.23. The number of aliphatic hydroxyl groups excluding tert-OH is 1. The first-order valence-electron chi connectivity index (χ1n) is 14.6. The van der Waals surface area contributed by atoms with E-state index < -0.39 is 35.0 Å². The molecule has 1 aliphatic carbocycles. The molecule has 2 bridgehead atoms. The first-order chi connectivity index (χ1) is 18.3. The van der Waals surface area contributed by atoms with Crippen molar-refractivity contribution in [1.29, 1.82) is 0 Å². The summed E-state index contributed by atoms with van der Waals surface area (Å²) in [7, 11) is 0. The monoisotopic (exact) mass is 530 g/mol. The molecule has 3 saturated heterocycles. The standard InChI is InChI=1S/C30H46N2O6/c1-5-7-19-37-28(36)24-23-26(34)32(17-12-9-13-18-33)25(30(23)20-21(3)29(24,4)38-30)27(35)31(16-6-2)22-14-10-8-11-15-22/h5-6,21-25,33H,1-2,7-20H2,3-4H3/t21?,23-,24+,25?,29-,30?/m0/s1. The molecule has 4 aliphatic rings. The van der Waals surface area contributed by atoms with Crippen molar-refractivity contribution in [2.24, 2.45) is 17.8 Å². The van der Waals surface area contributed by atoms with E-state index in [1.165, 1.54) is 6.42 Å². The summed E-state index contributed by atoms with van der Waals surface area (Å²) in [6.45, 7) is 12.7. The van der Waals surface area contributed by atoms with Crippen molar-refractivity contribution in [3.05, 3.63) is 25.3 Å². The molecule has 212 valence electrons. The van der Waals surface area contributed by atoms with Crippen molar-refractivity contribution in [3.63, 3.8) is 0 Å². The third kappa shape index (κ3) is 4.83. The maximum absolute atomic E-state index is 14.5. The van der Waals surface area contributed by atoms with E-state index in [1.807, 2.05) is 18.7 Å². The summed E-state index contributed by atoms with van der Waals surface area (Å²) in [6, 6.07) is -0.673. The van der Waals surface area contributed by atoms with Gasteiger partial charge in [0.25, 0.3) is 0 Å². The lowest BCUT2D eigenvalue weighted by Crippen LogP contribution is -2.58. The number of esters is 1. The number of aliphatic hydroxyl groups is 1. The van der Waals surface area contributed by atoms with Gasteiger partial charge in [-0.25, -0.2) is 0 Å². The zero-order valence-electron chi connectivity index (χ0n) is 23.2. The van der Waals surface area contributed by atoms with Crippen molar-refractivity contribution in [1.82, 2.24) is 9.80 Å². The second kappa shape index (κ2) is 11.9. The van der Waals surface area contributed by atoms with E-state index in [1.54, 1.807) is 17.1 Å². The van der Waals surface area contributed by atoms with E-state index in [2.05, 4.69) is 13.2 Å². The fourth-order valence-electron chi connectivity index (χ4n) is 7.63. The van der Waals surface area contributed by atoms with Gasteiger partial charge in [-0.3, -0.25) is 14.4 Å². The molecule has 8 nitrogen and oxygen atoms in total. The molecule has 0 aromatic rings. The number of nitrogens with zero attached hydrogens (tertiary/aromatic N) is 2. The highest BCUT2D eigenvalue weighted by Gasteiger charge is 2.80. The topological polar surface area (TPSA) is 96.4 Å². The van der Waals surface area contributed by atoms with Gasteiger partial charge in [-0.05, 0) is 57.8 Å². The summed E-state index contributed by atoms with van der Waals surface area (Å²) in [4.78, 5) is 45.8. The molecule has 4 fully saturated rings. The lowest BCUT2D eigenvalue weighted by molar-refractivity contribution is -0.162. The predicted octanol–water partition coefficient (Wildman–Crippen LogP) is 3.63.